The first-order chi connectivity index (χ1) is 12.2. The first kappa shape index (κ1) is 18.5. The van der Waals surface area contributed by atoms with E-state index in [0.29, 0.717) is 29.9 Å². The highest BCUT2D eigenvalue weighted by atomic mass is 32.2. The molecule has 1 amide bonds. The Morgan fingerprint density at radius 1 is 1.35 bits per heavy atom. The number of ether oxygens (including phenoxy) is 2. The number of carbonyl (C=O) groups excluding carboxylic acids is 1. The van der Waals surface area contributed by atoms with Crippen molar-refractivity contribution in [2.75, 3.05) is 13.2 Å². The van der Waals surface area contributed by atoms with E-state index in [1.165, 1.54) is 0 Å². The van der Waals surface area contributed by atoms with E-state index >= 15 is 0 Å². The quantitative estimate of drug-likeness (QED) is 0.569. The fraction of sp³-hybridized carbons (Fsp3) is 0.312. The van der Waals surface area contributed by atoms with E-state index < -0.39 is 21.3 Å². The average molecular weight is 386 g/mol. The van der Waals surface area contributed by atoms with Crippen LogP contribution in [0.3, 0.4) is 0 Å². The minimum atomic E-state index is -6.09. The SMILES string of the molecule is O=C(NCc1cccc2ccc(OCC3CO3)cc12)C(F)(F)S(=O)(=O)[O-]. The van der Waals surface area contributed by atoms with E-state index in [1.807, 2.05) is 0 Å². The summed E-state index contributed by atoms with van der Waals surface area (Å²) in [6, 6.07) is 10.2. The highest BCUT2D eigenvalue weighted by Crippen LogP contribution is 2.26. The summed E-state index contributed by atoms with van der Waals surface area (Å²) in [5.74, 6) is -1.62. The molecule has 2 aromatic rings. The van der Waals surface area contributed by atoms with Gasteiger partial charge in [0.15, 0.2) is 10.1 Å². The lowest BCUT2D eigenvalue weighted by molar-refractivity contribution is -0.136. The van der Waals surface area contributed by atoms with E-state index in [2.05, 4.69) is 0 Å². The van der Waals surface area contributed by atoms with E-state index in [1.54, 1.807) is 41.7 Å². The molecule has 2 aromatic carbocycles. The van der Waals surface area contributed by atoms with Gasteiger partial charge in [-0.05, 0) is 28.5 Å². The van der Waals surface area contributed by atoms with Gasteiger partial charge in [-0.15, -0.1) is 0 Å². The summed E-state index contributed by atoms with van der Waals surface area (Å²) >= 11 is 0. The Morgan fingerprint density at radius 3 is 2.73 bits per heavy atom. The fourth-order valence-electron chi connectivity index (χ4n) is 2.31. The molecule has 140 valence electrons. The molecule has 1 fully saturated rings. The fourth-order valence-corrected chi connectivity index (χ4v) is 2.61. The molecule has 1 aliphatic heterocycles. The van der Waals surface area contributed by atoms with Crippen LogP contribution in [-0.2, 0) is 26.2 Å². The van der Waals surface area contributed by atoms with Crippen molar-refractivity contribution in [1.82, 2.24) is 5.32 Å². The third-order valence-electron chi connectivity index (χ3n) is 3.80. The molecule has 1 unspecified atom stereocenters. The molecule has 1 N–H and O–H groups in total. The first-order valence-corrected chi connectivity index (χ1v) is 8.97. The zero-order chi connectivity index (χ0) is 18.9. The normalized spacial score (nSPS) is 17.1. The van der Waals surface area contributed by atoms with Crippen molar-refractivity contribution in [3.63, 3.8) is 0 Å². The summed E-state index contributed by atoms with van der Waals surface area (Å²) in [4.78, 5) is 11.4. The lowest BCUT2D eigenvalue weighted by Crippen LogP contribution is -2.45. The summed E-state index contributed by atoms with van der Waals surface area (Å²) in [7, 11) is -6.09. The van der Waals surface area contributed by atoms with Crippen molar-refractivity contribution in [2.45, 2.75) is 17.9 Å². The van der Waals surface area contributed by atoms with E-state index in [-0.39, 0.29) is 12.6 Å². The Bertz CT molecular complexity index is 943. The third kappa shape index (κ3) is 3.92. The molecule has 0 radical (unpaired) electrons. The molecule has 0 saturated carbocycles. The second-order valence-corrected chi connectivity index (χ2v) is 7.14. The number of alkyl halides is 2. The summed E-state index contributed by atoms with van der Waals surface area (Å²) in [5.41, 5.74) is 0.461. The van der Waals surface area contributed by atoms with Crippen LogP contribution in [0.25, 0.3) is 10.8 Å². The number of epoxide rings is 1. The van der Waals surface area contributed by atoms with Crippen LogP contribution in [0.5, 0.6) is 5.75 Å². The minimum absolute atomic E-state index is 0.0662. The Balaban J connectivity index is 1.78. The second kappa shape index (κ2) is 6.78. The Kier molecular flexibility index (Phi) is 4.82. The number of carbonyl (C=O) groups is 1. The number of halogens is 2. The van der Waals surface area contributed by atoms with Gasteiger partial charge in [0.25, 0.3) is 0 Å². The van der Waals surface area contributed by atoms with E-state index in [4.69, 9.17) is 9.47 Å². The van der Waals surface area contributed by atoms with Crippen molar-refractivity contribution in [3.05, 3.63) is 42.0 Å². The van der Waals surface area contributed by atoms with Crippen molar-refractivity contribution in [3.8, 4) is 5.75 Å². The topological polar surface area (TPSA) is 108 Å². The molecular formula is C16H14F2NO6S-. The number of rotatable bonds is 7. The predicted molar refractivity (Wildman–Crippen MR) is 85.7 cm³/mol. The lowest BCUT2D eigenvalue weighted by Gasteiger charge is -2.19. The second-order valence-electron chi connectivity index (χ2n) is 5.72. The first-order valence-electron chi connectivity index (χ1n) is 7.56. The molecular weight excluding hydrogens is 372 g/mol. The van der Waals surface area contributed by atoms with Gasteiger partial charge in [-0.1, -0.05) is 24.3 Å². The van der Waals surface area contributed by atoms with Crippen molar-refractivity contribution in [1.29, 1.82) is 0 Å². The summed E-state index contributed by atoms with van der Waals surface area (Å²) in [5, 5.41) is -1.84. The average Bonchev–Trinajstić information content (AvgIpc) is 3.41. The highest BCUT2D eigenvalue weighted by molar-refractivity contribution is 7.87. The smallest absolute Gasteiger partial charge is 0.410 e. The van der Waals surface area contributed by atoms with Crippen LogP contribution in [0.2, 0.25) is 0 Å². The molecule has 0 aromatic heterocycles. The summed E-state index contributed by atoms with van der Waals surface area (Å²) in [6.07, 6.45) is 0.0662. The van der Waals surface area contributed by atoms with Crippen LogP contribution in [0, 0.1) is 0 Å². The Labute approximate surface area is 147 Å². The van der Waals surface area contributed by atoms with Crippen molar-refractivity contribution >= 4 is 26.8 Å². The van der Waals surface area contributed by atoms with E-state index in [0.717, 1.165) is 5.39 Å². The number of nitrogens with one attached hydrogen (secondary N) is 1. The number of hydrogen-bond donors (Lipinski definition) is 1. The molecule has 0 spiro atoms. The maximum atomic E-state index is 13.2. The molecule has 1 heterocycles. The maximum absolute atomic E-state index is 13.2. The van der Waals surface area contributed by atoms with Gasteiger partial charge < -0.3 is 19.3 Å². The van der Waals surface area contributed by atoms with Gasteiger partial charge in [0.05, 0.1) is 6.61 Å². The van der Waals surface area contributed by atoms with Gasteiger partial charge in [0.1, 0.15) is 18.5 Å². The highest BCUT2D eigenvalue weighted by Gasteiger charge is 2.46. The van der Waals surface area contributed by atoms with Gasteiger partial charge in [-0.3, -0.25) is 4.79 Å². The largest absolute Gasteiger partial charge is 0.743 e. The van der Waals surface area contributed by atoms with Crippen LogP contribution in [0.4, 0.5) is 8.78 Å². The van der Waals surface area contributed by atoms with E-state index in [9.17, 15) is 26.5 Å². The van der Waals surface area contributed by atoms with Crippen LogP contribution < -0.4 is 10.1 Å². The van der Waals surface area contributed by atoms with Gasteiger partial charge in [0.2, 0.25) is 0 Å². The molecule has 1 atom stereocenters. The third-order valence-corrected chi connectivity index (χ3v) is 4.61. The number of hydrogen-bond acceptors (Lipinski definition) is 6. The molecule has 7 nitrogen and oxygen atoms in total. The van der Waals surface area contributed by atoms with Gasteiger partial charge in [-0.2, -0.15) is 8.78 Å². The zero-order valence-electron chi connectivity index (χ0n) is 13.3. The lowest BCUT2D eigenvalue weighted by atomic mass is 10.0. The molecule has 26 heavy (non-hydrogen) atoms. The number of fused-ring (bicyclic) bond motifs is 1. The summed E-state index contributed by atoms with van der Waals surface area (Å²) in [6.45, 7) is 0.649. The Morgan fingerprint density at radius 2 is 2.08 bits per heavy atom. The van der Waals surface area contributed by atoms with Gasteiger partial charge >= 0.3 is 11.2 Å². The van der Waals surface area contributed by atoms with Crippen LogP contribution in [0.1, 0.15) is 5.56 Å². The standard InChI is InChI=1S/C16H15F2NO6S/c17-16(18,26(21,22)23)15(20)19-7-11-3-1-2-10-4-5-12(6-14(10)11)24-8-13-9-25-13/h1-6,13H,7-9H2,(H,19,20)(H,21,22,23)/p-1. The molecule has 3 rings (SSSR count). The number of amides is 1. The van der Waals surface area contributed by atoms with Crippen LogP contribution in [0.15, 0.2) is 36.4 Å². The zero-order valence-corrected chi connectivity index (χ0v) is 14.1. The van der Waals surface area contributed by atoms with Crippen LogP contribution >= 0.6 is 0 Å². The summed E-state index contributed by atoms with van der Waals surface area (Å²) < 4.78 is 68.6. The van der Waals surface area contributed by atoms with Gasteiger partial charge in [0, 0.05) is 6.54 Å². The molecule has 0 bridgehead atoms. The van der Waals surface area contributed by atoms with Crippen LogP contribution in [-0.4, -0.2) is 43.5 Å². The van der Waals surface area contributed by atoms with Crippen molar-refractivity contribution in [2.24, 2.45) is 0 Å². The predicted octanol–water partition coefficient (Wildman–Crippen LogP) is 1.37. The minimum Gasteiger partial charge on any atom is -0.743 e. The molecule has 1 saturated heterocycles. The Hall–Kier alpha value is -2.30. The number of benzene rings is 2. The molecule has 10 heteroatoms. The monoisotopic (exact) mass is 386 g/mol. The molecule has 1 aliphatic rings. The van der Waals surface area contributed by atoms with Crippen molar-refractivity contribution < 1.29 is 36.0 Å². The van der Waals surface area contributed by atoms with Gasteiger partial charge in [-0.25, -0.2) is 8.42 Å². The molecule has 0 aliphatic carbocycles. The maximum Gasteiger partial charge on any atom is 0.410 e.